The monoisotopic (exact) mass is 293 g/mol. The first-order chi connectivity index (χ1) is 8.19. The molecule has 1 heterocycles. The molecule has 1 aromatic heterocycles. The molecule has 5 nitrogen and oxygen atoms in total. The molecule has 0 saturated heterocycles. The van der Waals surface area contributed by atoms with Crippen LogP contribution in [0.3, 0.4) is 0 Å². The van der Waals surface area contributed by atoms with E-state index in [1.54, 1.807) is 11.4 Å². The maximum atomic E-state index is 10.7. The zero-order valence-corrected chi connectivity index (χ0v) is 12.4. The maximum Gasteiger partial charge on any atom is 0.347 e. The predicted octanol–water partition coefficient (Wildman–Crippen LogP) is 3.22. The highest BCUT2D eigenvalue weighted by Gasteiger charge is 2.14. The molecule has 0 unspecified atom stereocenters. The number of nitrogens with zero attached hydrogens (tertiary/aromatic N) is 2. The summed E-state index contributed by atoms with van der Waals surface area (Å²) < 4.78 is 0. The minimum Gasteiger partial charge on any atom is -0.379 e. The van der Waals surface area contributed by atoms with Gasteiger partial charge in [0.05, 0.1) is 4.92 Å². The van der Waals surface area contributed by atoms with Gasteiger partial charge in [-0.15, -0.1) is 12.4 Å². The highest BCUT2D eigenvalue weighted by molar-refractivity contribution is 7.14. The number of hydrogen-bond acceptors (Lipinski definition) is 5. The van der Waals surface area contributed by atoms with E-state index >= 15 is 0 Å². The van der Waals surface area contributed by atoms with Gasteiger partial charge in [-0.3, -0.25) is 10.1 Å². The minimum absolute atomic E-state index is 0. The van der Waals surface area contributed by atoms with Crippen LogP contribution in [-0.4, -0.2) is 36.0 Å². The second-order valence-corrected chi connectivity index (χ2v) is 4.60. The molecule has 0 bridgehead atoms. The summed E-state index contributed by atoms with van der Waals surface area (Å²) >= 11 is 1.16. The van der Waals surface area contributed by atoms with Crippen molar-refractivity contribution in [3.63, 3.8) is 0 Å². The predicted molar refractivity (Wildman–Crippen MR) is 79.1 cm³/mol. The third-order valence-electron chi connectivity index (χ3n) is 2.67. The lowest BCUT2D eigenvalue weighted by atomic mass is 10.3. The third-order valence-corrected chi connectivity index (χ3v) is 3.54. The SMILES string of the molecule is CCN(CC)CCCNc1ccsc1[N+](=O)[O-].Cl. The van der Waals surface area contributed by atoms with E-state index in [0.717, 1.165) is 43.9 Å². The van der Waals surface area contributed by atoms with Crippen LogP contribution in [0.4, 0.5) is 10.7 Å². The van der Waals surface area contributed by atoms with Crippen molar-refractivity contribution in [2.75, 3.05) is 31.5 Å². The van der Waals surface area contributed by atoms with Crippen LogP contribution in [0.5, 0.6) is 0 Å². The number of halogens is 1. The number of anilines is 1. The number of nitrogens with one attached hydrogen (secondary N) is 1. The van der Waals surface area contributed by atoms with Crippen LogP contribution in [0.25, 0.3) is 0 Å². The molecular weight excluding hydrogens is 274 g/mol. The molecule has 1 rings (SSSR count). The van der Waals surface area contributed by atoms with E-state index in [2.05, 4.69) is 24.1 Å². The van der Waals surface area contributed by atoms with E-state index in [1.807, 2.05) is 0 Å². The average molecular weight is 294 g/mol. The average Bonchev–Trinajstić information content (AvgIpc) is 2.78. The van der Waals surface area contributed by atoms with Gasteiger partial charge in [0.2, 0.25) is 0 Å². The second kappa shape index (κ2) is 9.13. The molecule has 0 amide bonds. The summed E-state index contributed by atoms with van der Waals surface area (Å²) in [5.74, 6) is 0. The molecule has 0 fully saturated rings. The van der Waals surface area contributed by atoms with Crippen molar-refractivity contribution < 1.29 is 4.92 Å². The summed E-state index contributed by atoms with van der Waals surface area (Å²) in [6.45, 7) is 8.18. The van der Waals surface area contributed by atoms with Gasteiger partial charge >= 0.3 is 5.00 Å². The first-order valence-corrected chi connectivity index (χ1v) is 6.75. The number of rotatable bonds is 8. The fraction of sp³-hybridized carbons (Fsp3) is 0.636. The summed E-state index contributed by atoms with van der Waals surface area (Å²) in [5.41, 5.74) is 0.638. The Hall–Kier alpha value is -0.850. The summed E-state index contributed by atoms with van der Waals surface area (Å²) in [6, 6.07) is 1.76. The Labute approximate surface area is 118 Å². The van der Waals surface area contributed by atoms with E-state index < -0.39 is 0 Å². The molecule has 0 spiro atoms. The van der Waals surface area contributed by atoms with Gasteiger partial charge < -0.3 is 10.2 Å². The quantitative estimate of drug-likeness (QED) is 0.454. The van der Waals surface area contributed by atoms with Gasteiger partial charge in [0.25, 0.3) is 0 Å². The van der Waals surface area contributed by atoms with Crippen LogP contribution in [0.2, 0.25) is 0 Å². The molecule has 1 N–H and O–H groups in total. The summed E-state index contributed by atoms with van der Waals surface area (Å²) in [7, 11) is 0. The van der Waals surface area contributed by atoms with Gasteiger partial charge in [0.15, 0.2) is 0 Å². The van der Waals surface area contributed by atoms with Crippen LogP contribution in [0.1, 0.15) is 20.3 Å². The Kier molecular flexibility index (Phi) is 8.70. The molecular formula is C11H20ClN3O2S. The van der Waals surface area contributed by atoms with Crippen molar-refractivity contribution >= 4 is 34.4 Å². The molecule has 7 heteroatoms. The second-order valence-electron chi connectivity index (χ2n) is 3.70. The Bertz CT molecular complexity index is 356. The van der Waals surface area contributed by atoms with E-state index in [0.29, 0.717) is 5.69 Å². The first-order valence-electron chi connectivity index (χ1n) is 5.87. The van der Waals surface area contributed by atoms with Crippen molar-refractivity contribution in [3.05, 3.63) is 21.6 Å². The van der Waals surface area contributed by atoms with Crippen molar-refractivity contribution in [2.24, 2.45) is 0 Å². The van der Waals surface area contributed by atoms with Gasteiger partial charge in [-0.1, -0.05) is 25.2 Å². The molecule has 0 aliphatic heterocycles. The number of hydrogen-bond donors (Lipinski definition) is 1. The van der Waals surface area contributed by atoms with Crippen LogP contribution in [0.15, 0.2) is 11.4 Å². The Morgan fingerprint density at radius 3 is 2.67 bits per heavy atom. The molecule has 18 heavy (non-hydrogen) atoms. The van der Waals surface area contributed by atoms with E-state index in [-0.39, 0.29) is 22.3 Å². The normalized spacial score (nSPS) is 10.2. The van der Waals surface area contributed by atoms with Crippen molar-refractivity contribution in [2.45, 2.75) is 20.3 Å². The summed E-state index contributed by atoms with van der Waals surface area (Å²) in [5, 5.41) is 15.7. The molecule has 0 saturated carbocycles. The first kappa shape index (κ1) is 17.2. The number of thiophene rings is 1. The number of nitro groups is 1. The van der Waals surface area contributed by atoms with Gasteiger partial charge in [0, 0.05) is 6.54 Å². The zero-order chi connectivity index (χ0) is 12.7. The topological polar surface area (TPSA) is 58.4 Å². The van der Waals surface area contributed by atoms with Crippen LogP contribution < -0.4 is 5.32 Å². The molecule has 104 valence electrons. The zero-order valence-electron chi connectivity index (χ0n) is 10.7. The van der Waals surface area contributed by atoms with E-state index in [4.69, 9.17) is 0 Å². The Morgan fingerprint density at radius 2 is 2.11 bits per heavy atom. The van der Waals surface area contributed by atoms with Gasteiger partial charge in [-0.2, -0.15) is 0 Å². The largest absolute Gasteiger partial charge is 0.379 e. The molecule has 0 aromatic carbocycles. The van der Waals surface area contributed by atoms with Crippen LogP contribution >= 0.6 is 23.7 Å². The lowest BCUT2D eigenvalue weighted by molar-refractivity contribution is -0.379. The van der Waals surface area contributed by atoms with Gasteiger partial charge in [0.1, 0.15) is 5.69 Å². The molecule has 0 aliphatic carbocycles. The van der Waals surface area contributed by atoms with E-state index in [9.17, 15) is 10.1 Å². The van der Waals surface area contributed by atoms with Crippen molar-refractivity contribution in [1.29, 1.82) is 0 Å². The van der Waals surface area contributed by atoms with Gasteiger partial charge in [-0.05, 0) is 37.5 Å². The van der Waals surface area contributed by atoms with E-state index in [1.165, 1.54) is 0 Å². The smallest absolute Gasteiger partial charge is 0.347 e. The van der Waals surface area contributed by atoms with Crippen molar-refractivity contribution in [3.8, 4) is 0 Å². The van der Waals surface area contributed by atoms with Crippen LogP contribution in [-0.2, 0) is 0 Å². The summed E-state index contributed by atoms with van der Waals surface area (Å²) in [6.07, 6.45) is 0.995. The molecule has 0 aliphatic rings. The molecule has 0 atom stereocenters. The van der Waals surface area contributed by atoms with Crippen molar-refractivity contribution in [1.82, 2.24) is 4.90 Å². The third kappa shape index (κ3) is 5.20. The Balaban J connectivity index is 0.00000289. The highest BCUT2D eigenvalue weighted by Crippen LogP contribution is 2.30. The maximum absolute atomic E-state index is 10.7. The lowest BCUT2D eigenvalue weighted by Crippen LogP contribution is -2.25. The minimum atomic E-state index is -0.336. The standard InChI is InChI=1S/C11H19N3O2S.ClH/c1-3-13(4-2)8-5-7-12-10-6-9-17-11(10)14(15)16;/h6,9,12H,3-5,7-8H2,1-2H3;1H. The highest BCUT2D eigenvalue weighted by atomic mass is 35.5. The van der Waals surface area contributed by atoms with Gasteiger partial charge in [-0.25, -0.2) is 0 Å². The van der Waals surface area contributed by atoms with Crippen LogP contribution in [0, 0.1) is 10.1 Å². The Morgan fingerprint density at radius 1 is 1.44 bits per heavy atom. The summed E-state index contributed by atoms with van der Waals surface area (Å²) in [4.78, 5) is 12.7. The molecule has 0 radical (unpaired) electrons. The fourth-order valence-corrected chi connectivity index (χ4v) is 2.33. The lowest BCUT2D eigenvalue weighted by Gasteiger charge is -2.17. The fourth-order valence-electron chi connectivity index (χ4n) is 1.64. The molecule has 1 aromatic rings.